The van der Waals surface area contributed by atoms with Crippen LogP contribution in [0.25, 0.3) is 0 Å². The van der Waals surface area contributed by atoms with Crippen LogP contribution in [-0.4, -0.2) is 46.6 Å². The summed E-state index contributed by atoms with van der Waals surface area (Å²) >= 11 is 0. The third-order valence-electron chi connectivity index (χ3n) is 0.795. The van der Waals surface area contributed by atoms with Crippen LogP contribution in [0.4, 0.5) is 0 Å². The molecule has 0 aromatic heterocycles. The van der Waals surface area contributed by atoms with E-state index in [9.17, 15) is 4.79 Å². The summed E-state index contributed by atoms with van der Waals surface area (Å²) in [6.45, 7) is 3.62. The number of esters is 1. The normalized spacial score (nSPS) is 10.5. The van der Waals surface area contributed by atoms with Crippen molar-refractivity contribution in [3.05, 3.63) is 12.7 Å². The molecule has 3 N–H and O–H groups in total. The number of ether oxygens (including phenoxy) is 1. The van der Waals surface area contributed by atoms with Crippen molar-refractivity contribution >= 4 is 11.9 Å². The predicted molar refractivity (Wildman–Crippen MR) is 47.6 cm³/mol. The van der Waals surface area contributed by atoms with Crippen molar-refractivity contribution in [2.75, 3.05) is 13.2 Å². The van der Waals surface area contributed by atoms with Crippen LogP contribution in [0.15, 0.2) is 12.7 Å². The molecule has 0 rings (SSSR count). The molecule has 0 spiro atoms. The summed E-state index contributed by atoms with van der Waals surface area (Å²) in [6.07, 6.45) is -0.00622. The van der Waals surface area contributed by atoms with Crippen molar-refractivity contribution in [1.29, 1.82) is 0 Å². The zero-order chi connectivity index (χ0) is 11.6. The van der Waals surface area contributed by atoms with Crippen molar-refractivity contribution in [3.63, 3.8) is 0 Å². The van der Waals surface area contributed by atoms with Gasteiger partial charge in [0.25, 0.3) is 5.97 Å². The highest BCUT2D eigenvalue weighted by Crippen LogP contribution is 1.84. The number of carboxylic acids is 1. The molecule has 1 unspecified atom stereocenters. The number of rotatable bonds is 4. The summed E-state index contributed by atoms with van der Waals surface area (Å²) in [5.41, 5.74) is 0. The van der Waals surface area contributed by atoms with E-state index < -0.39 is 24.6 Å². The lowest BCUT2D eigenvalue weighted by molar-refractivity contribution is -0.141. The summed E-state index contributed by atoms with van der Waals surface area (Å²) in [7, 11) is 0. The van der Waals surface area contributed by atoms with Crippen LogP contribution >= 0.6 is 0 Å². The lowest BCUT2D eigenvalue weighted by atomic mass is 10.4. The molecule has 0 radical (unpaired) electrons. The summed E-state index contributed by atoms with van der Waals surface area (Å²) in [5, 5.41) is 24.3. The second-order valence-corrected chi connectivity index (χ2v) is 2.19. The SMILES string of the molecule is C=CC(=O)OCC(O)CO.CC(=O)O. The predicted octanol–water partition coefficient (Wildman–Crippen LogP) is -0.840. The maximum absolute atomic E-state index is 10.3. The minimum atomic E-state index is -0.996. The van der Waals surface area contributed by atoms with E-state index in [0.717, 1.165) is 13.0 Å². The van der Waals surface area contributed by atoms with Gasteiger partial charge in [0.05, 0.1) is 6.61 Å². The molecule has 0 saturated heterocycles. The second kappa shape index (κ2) is 9.69. The molecule has 0 aliphatic carbocycles. The van der Waals surface area contributed by atoms with Crippen LogP contribution in [0.5, 0.6) is 0 Å². The fourth-order valence-electron chi connectivity index (χ4n) is 0.290. The van der Waals surface area contributed by atoms with Crippen LogP contribution in [0.1, 0.15) is 6.92 Å². The summed E-state index contributed by atoms with van der Waals surface area (Å²) in [4.78, 5) is 19.3. The van der Waals surface area contributed by atoms with Gasteiger partial charge in [-0.05, 0) is 0 Å². The maximum Gasteiger partial charge on any atom is 0.330 e. The number of hydrogen-bond acceptors (Lipinski definition) is 5. The Morgan fingerprint density at radius 2 is 2.00 bits per heavy atom. The van der Waals surface area contributed by atoms with Crippen molar-refractivity contribution in [2.24, 2.45) is 0 Å². The van der Waals surface area contributed by atoms with Crippen LogP contribution in [0.2, 0.25) is 0 Å². The third kappa shape index (κ3) is 16.9. The van der Waals surface area contributed by atoms with Gasteiger partial charge in [0.1, 0.15) is 12.7 Å². The quantitative estimate of drug-likeness (QED) is 0.409. The smallest absolute Gasteiger partial charge is 0.330 e. The fraction of sp³-hybridized carbons (Fsp3) is 0.500. The van der Waals surface area contributed by atoms with E-state index in [4.69, 9.17) is 20.1 Å². The molecule has 0 aromatic carbocycles. The Balaban J connectivity index is 0. The Morgan fingerprint density at radius 1 is 1.57 bits per heavy atom. The van der Waals surface area contributed by atoms with E-state index in [1.165, 1.54) is 0 Å². The topological polar surface area (TPSA) is 104 Å². The first-order valence-corrected chi connectivity index (χ1v) is 3.71. The van der Waals surface area contributed by atoms with E-state index in [-0.39, 0.29) is 6.61 Å². The molecule has 0 fully saturated rings. The van der Waals surface area contributed by atoms with E-state index in [2.05, 4.69) is 11.3 Å². The third-order valence-corrected chi connectivity index (χ3v) is 0.795. The molecular formula is C8H14O6. The van der Waals surface area contributed by atoms with Gasteiger partial charge in [-0.15, -0.1) is 0 Å². The molecule has 0 aromatic rings. The average molecular weight is 206 g/mol. The van der Waals surface area contributed by atoms with Crippen LogP contribution in [0.3, 0.4) is 0 Å². The molecule has 0 aliphatic rings. The van der Waals surface area contributed by atoms with Crippen molar-refractivity contribution in [3.8, 4) is 0 Å². The monoisotopic (exact) mass is 206 g/mol. The minimum Gasteiger partial charge on any atom is -0.481 e. The molecule has 6 heteroatoms. The first-order chi connectivity index (χ1) is 6.43. The molecule has 0 bridgehead atoms. The van der Waals surface area contributed by atoms with E-state index in [1.54, 1.807) is 0 Å². The standard InChI is InChI=1S/C6H10O4.C2H4O2/c1-2-6(9)10-4-5(8)3-7;1-2(3)4/h2,5,7-8H,1,3-4H2;1H3,(H,3,4). The van der Waals surface area contributed by atoms with Crippen LogP contribution in [0, 0.1) is 0 Å². The molecule has 14 heavy (non-hydrogen) atoms. The Kier molecular flexibility index (Phi) is 10.4. The number of aliphatic carboxylic acids is 1. The lowest BCUT2D eigenvalue weighted by Crippen LogP contribution is -2.21. The summed E-state index contributed by atoms with van der Waals surface area (Å²) in [5.74, 6) is -1.44. The van der Waals surface area contributed by atoms with Gasteiger partial charge in [-0.25, -0.2) is 4.79 Å². The molecule has 1 atom stereocenters. The Morgan fingerprint density at radius 3 is 2.29 bits per heavy atom. The van der Waals surface area contributed by atoms with Crippen LogP contribution in [-0.2, 0) is 14.3 Å². The van der Waals surface area contributed by atoms with Crippen molar-refractivity contribution in [2.45, 2.75) is 13.0 Å². The van der Waals surface area contributed by atoms with Crippen molar-refractivity contribution < 1.29 is 29.6 Å². The first kappa shape index (κ1) is 15.1. The van der Waals surface area contributed by atoms with Gasteiger partial charge in [0.2, 0.25) is 0 Å². The Hall–Kier alpha value is -1.40. The molecule has 0 heterocycles. The van der Waals surface area contributed by atoms with E-state index in [1.807, 2.05) is 0 Å². The van der Waals surface area contributed by atoms with Gasteiger partial charge >= 0.3 is 5.97 Å². The maximum atomic E-state index is 10.3. The Bertz CT molecular complexity index is 184. The molecule has 0 aliphatic heterocycles. The highest BCUT2D eigenvalue weighted by Gasteiger charge is 2.03. The van der Waals surface area contributed by atoms with Crippen LogP contribution < -0.4 is 0 Å². The zero-order valence-corrected chi connectivity index (χ0v) is 7.84. The van der Waals surface area contributed by atoms with Gasteiger partial charge in [0, 0.05) is 13.0 Å². The Labute approximate surface area is 81.4 Å². The van der Waals surface area contributed by atoms with Gasteiger partial charge in [-0.1, -0.05) is 6.58 Å². The number of hydrogen-bond donors (Lipinski definition) is 3. The van der Waals surface area contributed by atoms with E-state index >= 15 is 0 Å². The number of carbonyl (C=O) groups is 2. The average Bonchev–Trinajstić information content (AvgIpc) is 2.12. The highest BCUT2D eigenvalue weighted by atomic mass is 16.5. The fourth-order valence-corrected chi connectivity index (χ4v) is 0.290. The summed E-state index contributed by atoms with van der Waals surface area (Å²) < 4.78 is 4.38. The van der Waals surface area contributed by atoms with Gasteiger partial charge in [-0.3, -0.25) is 4.79 Å². The van der Waals surface area contributed by atoms with Gasteiger partial charge in [-0.2, -0.15) is 0 Å². The van der Waals surface area contributed by atoms with Gasteiger partial charge < -0.3 is 20.1 Å². The molecule has 0 amide bonds. The minimum absolute atomic E-state index is 0.193. The molecule has 0 saturated carbocycles. The largest absolute Gasteiger partial charge is 0.481 e. The zero-order valence-electron chi connectivity index (χ0n) is 7.84. The second-order valence-electron chi connectivity index (χ2n) is 2.19. The molecule has 6 nitrogen and oxygen atoms in total. The number of aliphatic hydroxyl groups excluding tert-OH is 2. The molecular weight excluding hydrogens is 192 g/mol. The number of carbonyl (C=O) groups excluding carboxylic acids is 1. The number of carboxylic acid groups (broad SMARTS) is 1. The first-order valence-electron chi connectivity index (χ1n) is 3.71. The number of aliphatic hydroxyl groups is 2. The summed E-state index contributed by atoms with van der Waals surface area (Å²) in [6, 6.07) is 0. The van der Waals surface area contributed by atoms with E-state index in [0.29, 0.717) is 0 Å². The highest BCUT2D eigenvalue weighted by molar-refractivity contribution is 5.81. The molecule has 82 valence electrons. The van der Waals surface area contributed by atoms with Crippen molar-refractivity contribution in [1.82, 2.24) is 0 Å². The lowest BCUT2D eigenvalue weighted by Gasteiger charge is -2.05. The van der Waals surface area contributed by atoms with Gasteiger partial charge in [0.15, 0.2) is 0 Å².